The van der Waals surface area contributed by atoms with Gasteiger partial charge in [-0.2, -0.15) is 0 Å². The highest BCUT2D eigenvalue weighted by atomic mass is 32.2. The third-order valence-electron chi connectivity index (χ3n) is 3.28. The molecule has 0 aromatic carbocycles. The highest BCUT2D eigenvalue weighted by molar-refractivity contribution is 7.99. The summed E-state index contributed by atoms with van der Waals surface area (Å²) in [5.41, 5.74) is -0.515. The van der Waals surface area contributed by atoms with Gasteiger partial charge in [0.05, 0.1) is 7.11 Å². The van der Waals surface area contributed by atoms with E-state index in [0.717, 1.165) is 24.4 Å². The number of aromatic nitrogens is 2. The molecule has 1 aromatic rings. The first kappa shape index (κ1) is 12.4. The van der Waals surface area contributed by atoms with Gasteiger partial charge in [0.25, 0.3) is 0 Å². The Morgan fingerprint density at radius 1 is 1.76 bits per heavy atom. The Morgan fingerprint density at radius 3 is 3.18 bits per heavy atom. The summed E-state index contributed by atoms with van der Waals surface area (Å²) in [6.07, 6.45) is 6.13. The summed E-state index contributed by atoms with van der Waals surface area (Å²) < 4.78 is 4.88. The van der Waals surface area contributed by atoms with E-state index in [9.17, 15) is 4.79 Å². The Kier molecular flexibility index (Phi) is 3.73. The summed E-state index contributed by atoms with van der Waals surface area (Å²) in [6.45, 7) is 0. The van der Waals surface area contributed by atoms with Crippen molar-refractivity contribution < 1.29 is 9.53 Å². The Hall–Kier alpha value is -1.01. The normalized spacial score (nSPS) is 28.2. The Balaban J connectivity index is 2.00. The lowest BCUT2D eigenvalue weighted by molar-refractivity contribution is -0.148. The van der Waals surface area contributed by atoms with Crippen molar-refractivity contribution in [2.75, 3.05) is 14.2 Å². The third kappa shape index (κ3) is 2.47. The summed E-state index contributed by atoms with van der Waals surface area (Å²) >= 11 is 1.69. The van der Waals surface area contributed by atoms with E-state index < -0.39 is 5.54 Å². The van der Waals surface area contributed by atoms with Gasteiger partial charge in [-0.05, 0) is 26.3 Å². The molecule has 1 aliphatic rings. The predicted octanol–water partition coefficient (Wildman–Crippen LogP) is 1.19. The van der Waals surface area contributed by atoms with Gasteiger partial charge in [-0.25, -0.2) is 4.98 Å². The smallest absolute Gasteiger partial charge is 0.326 e. The number of likely N-dealkylation sites (N-methyl/N-ethyl adjacent to an activating group) is 1. The van der Waals surface area contributed by atoms with Gasteiger partial charge in [-0.3, -0.25) is 4.79 Å². The molecule has 1 saturated carbocycles. The number of hydrogen-bond donors (Lipinski definition) is 2. The van der Waals surface area contributed by atoms with E-state index in [4.69, 9.17) is 4.74 Å². The largest absolute Gasteiger partial charge is 0.468 e. The lowest BCUT2D eigenvalue weighted by atomic mass is 9.98. The van der Waals surface area contributed by atoms with E-state index in [1.807, 2.05) is 13.2 Å². The van der Waals surface area contributed by atoms with Crippen LogP contribution in [-0.4, -0.2) is 40.9 Å². The molecule has 0 spiro atoms. The molecule has 1 aliphatic carbocycles. The van der Waals surface area contributed by atoms with E-state index in [2.05, 4.69) is 15.3 Å². The fraction of sp³-hybridized carbons (Fsp3) is 0.636. The minimum Gasteiger partial charge on any atom is -0.468 e. The highest BCUT2D eigenvalue weighted by Crippen LogP contribution is 2.39. The fourth-order valence-electron chi connectivity index (χ4n) is 2.28. The molecule has 0 bridgehead atoms. The number of carbonyl (C=O) groups excluding carboxylic acids is 1. The minimum absolute atomic E-state index is 0.164. The van der Waals surface area contributed by atoms with Crippen LogP contribution in [0.3, 0.4) is 0 Å². The van der Waals surface area contributed by atoms with E-state index in [0.29, 0.717) is 5.25 Å². The van der Waals surface area contributed by atoms with E-state index in [-0.39, 0.29) is 5.97 Å². The molecule has 6 heteroatoms. The van der Waals surface area contributed by atoms with Crippen molar-refractivity contribution in [3.05, 3.63) is 12.4 Å². The molecule has 2 atom stereocenters. The van der Waals surface area contributed by atoms with Crippen LogP contribution in [0.4, 0.5) is 0 Å². The molecule has 1 heterocycles. The molecule has 2 unspecified atom stereocenters. The number of carbonyl (C=O) groups is 1. The van der Waals surface area contributed by atoms with Crippen molar-refractivity contribution in [2.45, 2.75) is 35.2 Å². The van der Waals surface area contributed by atoms with E-state index in [1.54, 1.807) is 18.0 Å². The molecule has 1 aromatic heterocycles. The Labute approximate surface area is 105 Å². The van der Waals surface area contributed by atoms with Crippen LogP contribution in [0.2, 0.25) is 0 Å². The van der Waals surface area contributed by atoms with Crippen LogP contribution in [0.15, 0.2) is 17.6 Å². The molecule has 2 rings (SSSR count). The summed E-state index contributed by atoms with van der Waals surface area (Å²) in [5, 5.41) is 4.42. The summed E-state index contributed by atoms with van der Waals surface area (Å²) in [4.78, 5) is 19.1. The number of nitrogens with one attached hydrogen (secondary N) is 2. The number of rotatable bonds is 4. The second kappa shape index (κ2) is 5.10. The zero-order valence-corrected chi connectivity index (χ0v) is 10.8. The van der Waals surface area contributed by atoms with Crippen LogP contribution >= 0.6 is 11.8 Å². The number of thioether (sulfide) groups is 1. The van der Waals surface area contributed by atoms with Crippen LogP contribution in [0.25, 0.3) is 0 Å². The van der Waals surface area contributed by atoms with E-state index >= 15 is 0 Å². The maximum atomic E-state index is 11.8. The van der Waals surface area contributed by atoms with Crippen LogP contribution in [0, 0.1) is 0 Å². The maximum Gasteiger partial charge on any atom is 0.326 e. The molecule has 0 amide bonds. The first-order valence-corrected chi connectivity index (χ1v) is 6.51. The fourth-order valence-corrected chi connectivity index (χ4v) is 3.46. The molecule has 94 valence electrons. The quantitative estimate of drug-likeness (QED) is 0.791. The Morgan fingerprint density at radius 2 is 2.59 bits per heavy atom. The number of methoxy groups -OCH3 is 1. The molecule has 1 fully saturated rings. The summed E-state index contributed by atoms with van der Waals surface area (Å²) in [5.74, 6) is -0.164. The van der Waals surface area contributed by atoms with Gasteiger partial charge in [0.15, 0.2) is 5.16 Å². The molecular weight excluding hydrogens is 238 g/mol. The van der Waals surface area contributed by atoms with Crippen LogP contribution < -0.4 is 5.32 Å². The van der Waals surface area contributed by atoms with Crippen molar-refractivity contribution in [3.63, 3.8) is 0 Å². The van der Waals surface area contributed by atoms with Gasteiger partial charge < -0.3 is 15.0 Å². The van der Waals surface area contributed by atoms with Gasteiger partial charge in [0.2, 0.25) is 0 Å². The second-order valence-corrected chi connectivity index (χ2v) is 5.49. The number of hydrogen-bond acceptors (Lipinski definition) is 5. The van der Waals surface area contributed by atoms with Crippen LogP contribution in [0.5, 0.6) is 0 Å². The SMILES string of the molecule is CNC1(C(=O)OC)CCC(Sc2ncc[nH]2)C1. The number of H-pyrrole nitrogens is 1. The van der Waals surface area contributed by atoms with Gasteiger partial charge in [-0.15, -0.1) is 0 Å². The first-order valence-electron chi connectivity index (χ1n) is 5.63. The molecule has 0 aliphatic heterocycles. The van der Waals surface area contributed by atoms with Crippen molar-refractivity contribution in [3.8, 4) is 0 Å². The second-order valence-electron chi connectivity index (χ2n) is 4.20. The third-order valence-corrected chi connectivity index (χ3v) is 4.46. The van der Waals surface area contributed by atoms with E-state index in [1.165, 1.54) is 7.11 Å². The van der Waals surface area contributed by atoms with Crippen LogP contribution in [0.1, 0.15) is 19.3 Å². The van der Waals surface area contributed by atoms with Crippen molar-refractivity contribution in [1.82, 2.24) is 15.3 Å². The summed E-state index contributed by atoms with van der Waals surface area (Å²) in [7, 11) is 3.26. The predicted molar refractivity (Wildman–Crippen MR) is 65.9 cm³/mol. The number of aromatic amines is 1. The molecule has 5 nitrogen and oxygen atoms in total. The van der Waals surface area contributed by atoms with Crippen molar-refractivity contribution >= 4 is 17.7 Å². The van der Waals surface area contributed by atoms with Crippen molar-refractivity contribution in [1.29, 1.82) is 0 Å². The number of imidazole rings is 1. The highest BCUT2D eigenvalue weighted by Gasteiger charge is 2.45. The molecule has 0 radical (unpaired) electrons. The average Bonchev–Trinajstić information content (AvgIpc) is 2.99. The topological polar surface area (TPSA) is 67.0 Å². The first-order chi connectivity index (χ1) is 8.20. The summed E-state index contributed by atoms with van der Waals surface area (Å²) in [6, 6.07) is 0. The number of esters is 1. The van der Waals surface area contributed by atoms with Gasteiger partial charge in [0, 0.05) is 17.6 Å². The molecule has 17 heavy (non-hydrogen) atoms. The number of nitrogens with zero attached hydrogens (tertiary/aromatic N) is 1. The number of ether oxygens (including phenoxy) is 1. The monoisotopic (exact) mass is 255 g/mol. The zero-order valence-electron chi connectivity index (χ0n) is 10.0. The Bertz CT molecular complexity index is 382. The van der Waals surface area contributed by atoms with Gasteiger partial charge >= 0.3 is 5.97 Å². The molecule has 0 saturated heterocycles. The van der Waals surface area contributed by atoms with Gasteiger partial charge in [0.1, 0.15) is 5.54 Å². The average molecular weight is 255 g/mol. The van der Waals surface area contributed by atoms with Crippen LogP contribution in [-0.2, 0) is 9.53 Å². The minimum atomic E-state index is -0.515. The molecular formula is C11H17N3O2S. The van der Waals surface area contributed by atoms with Gasteiger partial charge in [-0.1, -0.05) is 11.8 Å². The lowest BCUT2D eigenvalue weighted by Crippen LogP contribution is -2.49. The van der Waals surface area contributed by atoms with Crippen molar-refractivity contribution in [2.24, 2.45) is 0 Å². The standard InChI is InChI=1S/C11H17N3O2S/c1-12-11(9(15)16-2)4-3-8(7-11)17-10-13-5-6-14-10/h5-6,8,12H,3-4,7H2,1-2H3,(H,13,14). The lowest BCUT2D eigenvalue weighted by Gasteiger charge is -2.25. The maximum absolute atomic E-state index is 11.8. The molecule has 2 N–H and O–H groups in total. The zero-order chi connectivity index (χ0) is 12.3.